The number of alkyl halides is 1. The molecule has 1 saturated carbocycles. The summed E-state index contributed by atoms with van der Waals surface area (Å²) in [5, 5.41) is 0. The van der Waals surface area contributed by atoms with Crippen LogP contribution in [-0.4, -0.2) is 16.0 Å². The Labute approximate surface area is 67.1 Å². The van der Waals surface area contributed by atoms with Crippen molar-refractivity contribution in [3.05, 3.63) is 0 Å². The van der Waals surface area contributed by atoms with Gasteiger partial charge in [0.05, 0.1) is 5.92 Å². The first-order chi connectivity index (χ1) is 4.29. The summed E-state index contributed by atoms with van der Waals surface area (Å²) in [6.45, 7) is 0. The molecule has 1 heterocycles. The molecule has 3 atom stereocenters. The molecule has 0 aromatic carbocycles. The van der Waals surface area contributed by atoms with Gasteiger partial charge in [-0.3, -0.25) is 4.79 Å². The predicted octanol–water partition coefficient (Wildman–Crippen LogP) is 1.13. The van der Waals surface area contributed by atoms with E-state index in [1.807, 2.05) is 0 Å². The molecule has 1 unspecified atom stereocenters. The highest BCUT2D eigenvalue weighted by molar-refractivity contribution is 14.1. The van der Waals surface area contributed by atoms with E-state index in [0.717, 1.165) is 12.8 Å². The summed E-state index contributed by atoms with van der Waals surface area (Å²) in [5.74, 6) is 0.297. The van der Waals surface area contributed by atoms with Gasteiger partial charge >= 0.3 is 5.97 Å². The first-order valence-electron chi connectivity index (χ1n) is 3.13. The van der Waals surface area contributed by atoms with E-state index < -0.39 is 0 Å². The Kier molecular flexibility index (Phi) is 1.22. The normalized spacial score (nSPS) is 47.7. The average molecular weight is 238 g/mol. The van der Waals surface area contributed by atoms with Gasteiger partial charge < -0.3 is 4.74 Å². The number of fused-ring (bicyclic) bond motifs is 1. The monoisotopic (exact) mass is 238 g/mol. The third-order valence-electron chi connectivity index (χ3n) is 2.06. The molecule has 9 heavy (non-hydrogen) atoms. The summed E-state index contributed by atoms with van der Waals surface area (Å²) in [5.41, 5.74) is 0. The summed E-state index contributed by atoms with van der Waals surface area (Å²) in [6.07, 6.45) is 2.48. The van der Waals surface area contributed by atoms with Gasteiger partial charge in [0.25, 0.3) is 0 Å². The third kappa shape index (κ3) is 0.701. The Balaban J connectivity index is 2.11. The molecule has 0 aromatic rings. The van der Waals surface area contributed by atoms with E-state index >= 15 is 0 Å². The highest BCUT2D eigenvalue weighted by Crippen LogP contribution is 2.41. The maximum atomic E-state index is 10.6. The fourth-order valence-corrected chi connectivity index (χ4v) is 2.48. The first-order valence-corrected chi connectivity index (χ1v) is 4.38. The minimum Gasteiger partial charge on any atom is -0.460 e. The van der Waals surface area contributed by atoms with Crippen molar-refractivity contribution in [1.29, 1.82) is 0 Å². The smallest absolute Gasteiger partial charge is 0.313 e. The SMILES string of the molecule is O=C1OC2[C@H](I)CC[C@@H]12. The molecule has 3 heteroatoms. The summed E-state index contributed by atoms with van der Waals surface area (Å²) < 4.78 is 5.52. The van der Waals surface area contributed by atoms with Crippen molar-refractivity contribution in [2.75, 3.05) is 0 Å². The molecule has 0 spiro atoms. The fourth-order valence-electron chi connectivity index (χ4n) is 1.48. The van der Waals surface area contributed by atoms with Crippen LogP contribution in [0.2, 0.25) is 0 Å². The van der Waals surface area contributed by atoms with E-state index in [1.54, 1.807) is 0 Å². The van der Waals surface area contributed by atoms with Crippen molar-refractivity contribution in [3.8, 4) is 0 Å². The number of esters is 1. The summed E-state index contributed by atoms with van der Waals surface area (Å²) >= 11 is 2.36. The maximum absolute atomic E-state index is 10.6. The van der Waals surface area contributed by atoms with Gasteiger partial charge in [0, 0.05) is 3.92 Å². The molecule has 0 radical (unpaired) electrons. The quantitative estimate of drug-likeness (QED) is 0.359. The Hall–Kier alpha value is 0.200. The highest BCUT2D eigenvalue weighted by Gasteiger charge is 2.50. The second-order valence-corrected chi connectivity index (χ2v) is 4.20. The molecule has 2 rings (SSSR count). The van der Waals surface area contributed by atoms with Crippen molar-refractivity contribution in [1.82, 2.24) is 0 Å². The predicted molar refractivity (Wildman–Crippen MR) is 40.4 cm³/mol. The molecule has 0 bridgehead atoms. The Bertz CT molecular complexity index is 157. The van der Waals surface area contributed by atoms with E-state index in [9.17, 15) is 4.79 Å². The van der Waals surface area contributed by atoms with Crippen LogP contribution in [0.3, 0.4) is 0 Å². The average Bonchev–Trinajstić information content (AvgIpc) is 2.07. The van der Waals surface area contributed by atoms with Crippen LogP contribution in [0.1, 0.15) is 12.8 Å². The highest BCUT2D eigenvalue weighted by atomic mass is 127. The van der Waals surface area contributed by atoms with Gasteiger partial charge in [0.1, 0.15) is 6.10 Å². The molecule has 1 aliphatic carbocycles. The van der Waals surface area contributed by atoms with E-state index in [4.69, 9.17) is 4.74 Å². The molecule has 0 N–H and O–H groups in total. The van der Waals surface area contributed by atoms with Gasteiger partial charge in [-0.1, -0.05) is 22.6 Å². The van der Waals surface area contributed by atoms with Crippen LogP contribution < -0.4 is 0 Å². The van der Waals surface area contributed by atoms with Crippen LogP contribution in [0.25, 0.3) is 0 Å². The number of carbonyl (C=O) groups is 1. The molecule has 1 aliphatic heterocycles. The standard InChI is InChI=1S/C6H7IO2/c7-4-2-1-3-5(4)9-6(3)8/h3-5H,1-2H2/t3-,4-,5?/m1/s1. The number of rotatable bonds is 0. The van der Waals surface area contributed by atoms with Crippen LogP contribution in [0.4, 0.5) is 0 Å². The van der Waals surface area contributed by atoms with E-state index in [-0.39, 0.29) is 18.0 Å². The van der Waals surface area contributed by atoms with Gasteiger partial charge in [-0.15, -0.1) is 0 Å². The van der Waals surface area contributed by atoms with Crippen LogP contribution >= 0.6 is 22.6 Å². The minimum absolute atomic E-state index is 0.0270. The van der Waals surface area contributed by atoms with Gasteiger partial charge in [-0.05, 0) is 12.8 Å². The largest absolute Gasteiger partial charge is 0.460 e. The number of hydrogen-bond acceptors (Lipinski definition) is 2. The van der Waals surface area contributed by atoms with Gasteiger partial charge in [-0.25, -0.2) is 0 Å². The number of halogens is 1. The van der Waals surface area contributed by atoms with E-state index in [0.29, 0.717) is 3.92 Å². The lowest BCUT2D eigenvalue weighted by Crippen LogP contribution is -2.44. The summed E-state index contributed by atoms with van der Waals surface area (Å²) in [7, 11) is 0. The van der Waals surface area contributed by atoms with Crippen LogP contribution in [0.15, 0.2) is 0 Å². The molecule has 50 valence electrons. The van der Waals surface area contributed by atoms with Crippen molar-refractivity contribution in [2.24, 2.45) is 5.92 Å². The lowest BCUT2D eigenvalue weighted by atomic mass is 10.0. The maximum Gasteiger partial charge on any atom is 0.313 e. The molecular formula is C6H7IO2. The summed E-state index contributed by atoms with van der Waals surface area (Å²) in [4.78, 5) is 10.6. The molecular weight excluding hydrogens is 231 g/mol. The van der Waals surface area contributed by atoms with Crippen molar-refractivity contribution in [2.45, 2.75) is 22.9 Å². The lowest BCUT2D eigenvalue weighted by molar-refractivity contribution is -0.178. The van der Waals surface area contributed by atoms with E-state index in [1.165, 1.54) is 0 Å². The topological polar surface area (TPSA) is 26.3 Å². The first kappa shape index (κ1) is 5.95. The lowest BCUT2D eigenvalue weighted by Gasteiger charge is -2.30. The second-order valence-electron chi connectivity index (χ2n) is 2.60. The van der Waals surface area contributed by atoms with Crippen LogP contribution in [-0.2, 0) is 9.53 Å². The zero-order valence-corrected chi connectivity index (χ0v) is 7.00. The number of hydrogen-bond donors (Lipinski definition) is 0. The third-order valence-corrected chi connectivity index (χ3v) is 3.39. The molecule has 2 aliphatic rings. The Morgan fingerprint density at radius 2 is 2.33 bits per heavy atom. The van der Waals surface area contributed by atoms with Gasteiger partial charge in [0.15, 0.2) is 0 Å². The zero-order chi connectivity index (χ0) is 6.43. The van der Waals surface area contributed by atoms with Gasteiger partial charge in [-0.2, -0.15) is 0 Å². The molecule has 0 amide bonds. The second kappa shape index (κ2) is 1.84. The molecule has 0 aromatic heterocycles. The zero-order valence-electron chi connectivity index (χ0n) is 4.84. The van der Waals surface area contributed by atoms with E-state index in [2.05, 4.69) is 22.6 Å². The van der Waals surface area contributed by atoms with Crippen LogP contribution in [0.5, 0.6) is 0 Å². The number of carbonyl (C=O) groups excluding carboxylic acids is 1. The fraction of sp³-hybridized carbons (Fsp3) is 0.833. The molecule has 2 fully saturated rings. The molecule has 1 saturated heterocycles. The van der Waals surface area contributed by atoms with Crippen molar-refractivity contribution < 1.29 is 9.53 Å². The van der Waals surface area contributed by atoms with Gasteiger partial charge in [0.2, 0.25) is 0 Å². The number of ether oxygens (including phenoxy) is 1. The Morgan fingerprint density at radius 3 is 2.78 bits per heavy atom. The Morgan fingerprint density at radius 1 is 1.56 bits per heavy atom. The minimum atomic E-state index is 0.0270. The van der Waals surface area contributed by atoms with Crippen molar-refractivity contribution >= 4 is 28.6 Å². The van der Waals surface area contributed by atoms with Crippen LogP contribution in [0, 0.1) is 5.92 Å². The molecule has 2 nitrogen and oxygen atoms in total. The summed E-state index contributed by atoms with van der Waals surface area (Å²) in [6, 6.07) is 0. The van der Waals surface area contributed by atoms with Crippen molar-refractivity contribution in [3.63, 3.8) is 0 Å².